The summed E-state index contributed by atoms with van der Waals surface area (Å²) < 4.78 is 5.59. The zero-order valence-electron chi connectivity index (χ0n) is 10.6. The van der Waals surface area contributed by atoms with Gasteiger partial charge in [-0.05, 0) is 37.3 Å². The fraction of sp³-hybridized carbons (Fsp3) is 0.400. The molecule has 0 aromatic heterocycles. The van der Waals surface area contributed by atoms with Gasteiger partial charge in [0, 0.05) is 0 Å². The lowest BCUT2D eigenvalue weighted by atomic mass is 9.76. The number of rotatable bonds is 4. The van der Waals surface area contributed by atoms with Gasteiger partial charge in [0.25, 0.3) is 0 Å². The van der Waals surface area contributed by atoms with Gasteiger partial charge in [0.1, 0.15) is 5.75 Å². The summed E-state index contributed by atoms with van der Waals surface area (Å²) in [7, 11) is 0. The van der Waals surface area contributed by atoms with E-state index < -0.39 is 11.4 Å². The van der Waals surface area contributed by atoms with E-state index in [2.05, 4.69) is 6.58 Å². The third-order valence-electron chi connectivity index (χ3n) is 3.69. The first-order valence-corrected chi connectivity index (χ1v) is 6.15. The van der Waals surface area contributed by atoms with Crippen LogP contribution >= 0.6 is 0 Å². The van der Waals surface area contributed by atoms with Crippen molar-refractivity contribution in [3.8, 4) is 5.75 Å². The Labute approximate surface area is 107 Å². The molecule has 1 N–H and O–H groups in total. The van der Waals surface area contributed by atoms with E-state index in [1.54, 1.807) is 6.92 Å². The molecule has 96 valence electrons. The minimum absolute atomic E-state index is 0.217. The number of ether oxygens (including phenoxy) is 1. The van der Waals surface area contributed by atoms with Crippen LogP contribution in [0.15, 0.2) is 36.9 Å². The zero-order chi connectivity index (χ0) is 13.2. The summed E-state index contributed by atoms with van der Waals surface area (Å²) in [6, 6.07) is 7.86. The molecule has 0 radical (unpaired) electrons. The molecule has 2 rings (SSSR count). The van der Waals surface area contributed by atoms with Crippen LogP contribution in [-0.4, -0.2) is 17.7 Å². The first-order valence-electron chi connectivity index (χ1n) is 6.15. The average molecular weight is 246 g/mol. The Morgan fingerprint density at radius 2 is 2.33 bits per heavy atom. The highest BCUT2D eigenvalue weighted by Crippen LogP contribution is 2.41. The Bertz CT molecular complexity index is 467. The molecule has 2 unspecified atom stereocenters. The standard InChI is InChI=1S/C15H18O3/c1-3-15(2,14(16)17)10-11-8-9-18-13-7-5-4-6-12(11)13/h3-7,11H,1,8-10H2,2H3,(H,16,17). The number of hydrogen-bond donors (Lipinski definition) is 1. The monoisotopic (exact) mass is 246 g/mol. The Morgan fingerprint density at radius 3 is 3.00 bits per heavy atom. The predicted molar refractivity (Wildman–Crippen MR) is 69.9 cm³/mol. The lowest BCUT2D eigenvalue weighted by molar-refractivity contribution is -0.145. The second-order valence-corrected chi connectivity index (χ2v) is 5.00. The molecule has 1 aromatic carbocycles. The Morgan fingerprint density at radius 1 is 1.61 bits per heavy atom. The van der Waals surface area contributed by atoms with Crippen LogP contribution in [0.1, 0.15) is 31.2 Å². The predicted octanol–water partition coefficient (Wildman–Crippen LogP) is 3.22. The van der Waals surface area contributed by atoms with E-state index in [-0.39, 0.29) is 5.92 Å². The zero-order valence-corrected chi connectivity index (χ0v) is 10.6. The highest BCUT2D eigenvalue weighted by Gasteiger charge is 2.35. The molecule has 0 amide bonds. The maximum atomic E-state index is 11.3. The second kappa shape index (κ2) is 4.84. The first kappa shape index (κ1) is 12.7. The van der Waals surface area contributed by atoms with Crippen molar-refractivity contribution >= 4 is 5.97 Å². The fourth-order valence-electron chi connectivity index (χ4n) is 2.40. The van der Waals surface area contributed by atoms with E-state index in [9.17, 15) is 9.90 Å². The van der Waals surface area contributed by atoms with E-state index >= 15 is 0 Å². The molecule has 1 aliphatic heterocycles. The molecule has 18 heavy (non-hydrogen) atoms. The minimum Gasteiger partial charge on any atom is -0.493 e. The quantitative estimate of drug-likeness (QED) is 0.830. The molecule has 3 nitrogen and oxygen atoms in total. The van der Waals surface area contributed by atoms with Crippen molar-refractivity contribution in [3.63, 3.8) is 0 Å². The maximum Gasteiger partial charge on any atom is 0.313 e. The Balaban J connectivity index is 2.26. The average Bonchev–Trinajstić information content (AvgIpc) is 2.39. The molecule has 1 aliphatic rings. The number of hydrogen-bond acceptors (Lipinski definition) is 2. The van der Waals surface area contributed by atoms with Crippen molar-refractivity contribution in [1.29, 1.82) is 0 Å². The topological polar surface area (TPSA) is 46.5 Å². The molecule has 1 aromatic rings. The summed E-state index contributed by atoms with van der Waals surface area (Å²) in [4.78, 5) is 11.3. The van der Waals surface area contributed by atoms with Crippen LogP contribution in [0.3, 0.4) is 0 Å². The summed E-state index contributed by atoms with van der Waals surface area (Å²) in [5.74, 6) is 0.279. The smallest absolute Gasteiger partial charge is 0.313 e. The molecular formula is C15H18O3. The van der Waals surface area contributed by atoms with Gasteiger partial charge < -0.3 is 9.84 Å². The lowest BCUT2D eigenvalue weighted by Gasteiger charge is -2.31. The molecule has 0 saturated heterocycles. The van der Waals surface area contributed by atoms with Crippen LogP contribution in [0.25, 0.3) is 0 Å². The minimum atomic E-state index is -0.880. The van der Waals surface area contributed by atoms with Crippen LogP contribution in [0, 0.1) is 5.41 Å². The van der Waals surface area contributed by atoms with E-state index in [1.807, 2.05) is 24.3 Å². The highest BCUT2D eigenvalue weighted by atomic mass is 16.5. The van der Waals surface area contributed by atoms with Crippen LogP contribution in [0.2, 0.25) is 0 Å². The van der Waals surface area contributed by atoms with Crippen molar-refractivity contribution in [1.82, 2.24) is 0 Å². The molecule has 2 atom stereocenters. The van der Waals surface area contributed by atoms with Gasteiger partial charge in [0.05, 0.1) is 12.0 Å². The van der Waals surface area contributed by atoms with E-state index in [0.717, 1.165) is 17.7 Å². The second-order valence-electron chi connectivity index (χ2n) is 5.00. The van der Waals surface area contributed by atoms with Crippen LogP contribution in [0.5, 0.6) is 5.75 Å². The third kappa shape index (κ3) is 2.26. The number of carboxylic acids is 1. The number of carboxylic acid groups (broad SMARTS) is 1. The van der Waals surface area contributed by atoms with Crippen LogP contribution < -0.4 is 4.74 Å². The summed E-state index contributed by atoms with van der Waals surface area (Å²) in [5, 5.41) is 9.31. The van der Waals surface area contributed by atoms with Gasteiger partial charge >= 0.3 is 5.97 Å². The van der Waals surface area contributed by atoms with E-state index in [0.29, 0.717) is 13.0 Å². The number of carbonyl (C=O) groups is 1. The molecule has 0 spiro atoms. The van der Waals surface area contributed by atoms with Gasteiger partial charge in [0.15, 0.2) is 0 Å². The number of aliphatic carboxylic acids is 1. The largest absolute Gasteiger partial charge is 0.493 e. The Kier molecular flexibility index (Phi) is 3.41. The fourth-order valence-corrected chi connectivity index (χ4v) is 2.40. The molecule has 0 saturated carbocycles. The van der Waals surface area contributed by atoms with Gasteiger partial charge in [-0.2, -0.15) is 0 Å². The number of para-hydroxylation sites is 1. The van der Waals surface area contributed by atoms with Crippen LogP contribution in [-0.2, 0) is 4.79 Å². The molecule has 0 bridgehead atoms. The van der Waals surface area contributed by atoms with Crippen molar-refractivity contribution in [2.24, 2.45) is 5.41 Å². The van der Waals surface area contributed by atoms with Crippen molar-refractivity contribution in [3.05, 3.63) is 42.5 Å². The summed E-state index contributed by atoms with van der Waals surface area (Å²) >= 11 is 0. The number of benzene rings is 1. The van der Waals surface area contributed by atoms with Crippen LogP contribution in [0.4, 0.5) is 0 Å². The molecule has 1 heterocycles. The first-order chi connectivity index (χ1) is 8.57. The lowest BCUT2D eigenvalue weighted by Crippen LogP contribution is -2.29. The molecule has 0 fully saturated rings. The van der Waals surface area contributed by atoms with Gasteiger partial charge in [-0.3, -0.25) is 4.79 Å². The normalized spacial score (nSPS) is 21.3. The molecule has 0 aliphatic carbocycles. The third-order valence-corrected chi connectivity index (χ3v) is 3.69. The van der Waals surface area contributed by atoms with Crippen molar-refractivity contribution in [2.45, 2.75) is 25.7 Å². The van der Waals surface area contributed by atoms with Gasteiger partial charge in [-0.1, -0.05) is 24.3 Å². The highest BCUT2D eigenvalue weighted by molar-refractivity contribution is 5.76. The SMILES string of the molecule is C=CC(C)(CC1CCOc2ccccc21)C(=O)O. The number of fused-ring (bicyclic) bond motifs is 1. The van der Waals surface area contributed by atoms with Crippen molar-refractivity contribution in [2.75, 3.05) is 6.61 Å². The Hall–Kier alpha value is -1.77. The summed E-state index contributed by atoms with van der Waals surface area (Å²) in [6.45, 7) is 6.03. The summed E-state index contributed by atoms with van der Waals surface area (Å²) in [6.07, 6.45) is 2.95. The molecule has 3 heteroatoms. The maximum absolute atomic E-state index is 11.3. The summed E-state index contributed by atoms with van der Waals surface area (Å²) in [5.41, 5.74) is 0.229. The van der Waals surface area contributed by atoms with E-state index in [4.69, 9.17) is 4.74 Å². The van der Waals surface area contributed by atoms with Gasteiger partial charge in [0.2, 0.25) is 0 Å². The van der Waals surface area contributed by atoms with Gasteiger partial charge in [-0.15, -0.1) is 6.58 Å². The van der Waals surface area contributed by atoms with Gasteiger partial charge in [-0.25, -0.2) is 0 Å². The molecular weight excluding hydrogens is 228 g/mol. The van der Waals surface area contributed by atoms with E-state index in [1.165, 1.54) is 6.08 Å². The van der Waals surface area contributed by atoms with Crippen molar-refractivity contribution < 1.29 is 14.6 Å².